The van der Waals surface area contributed by atoms with E-state index in [-0.39, 0.29) is 5.91 Å². The predicted molar refractivity (Wildman–Crippen MR) is 97.2 cm³/mol. The Labute approximate surface area is 151 Å². The van der Waals surface area contributed by atoms with E-state index in [1.165, 1.54) is 0 Å². The fraction of sp³-hybridized carbons (Fsp3) is 0.263. The summed E-state index contributed by atoms with van der Waals surface area (Å²) in [5.41, 5.74) is 0.882. The van der Waals surface area contributed by atoms with Crippen molar-refractivity contribution in [1.82, 2.24) is 0 Å². The van der Waals surface area contributed by atoms with Gasteiger partial charge in [0.15, 0.2) is 6.10 Å². The van der Waals surface area contributed by atoms with Gasteiger partial charge in [-0.3, -0.25) is 4.79 Å². The second kappa shape index (κ2) is 9.08. The minimum absolute atomic E-state index is 0.292. The molecular formula is C19H20ClNO4. The van der Waals surface area contributed by atoms with Crippen LogP contribution >= 0.6 is 11.6 Å². The molecule has 2 rings (SSSR count). The number of amides is 1. The zero-order valence-corrected chi connectivity index (χ0v) is 14.9. The van der Waals surface area contributed by atoms with E-state index in [0.717, 1.165) is 0 Å². The van der Waals surface area contributed by atoms with E-state index in [1.807, 2.05) is 6.92 Å². The summed E-state index contributed by atoms with van der Waals surface area (Å²) in [6, 6.07) is 13.5. The van der Waals surface area contributed by atoms with Gasteiger partial charge in [0.05, 0.1) is 12.2 Å². The highest BCUT2D eigenvalue weighted by Crippen LogP contribution is 2.20. The van der Waals surface area contributed by atoms with Crippen molar-refractivity contribution >= 4 is 29.2 Å². The van der Waals surface area contributed by atoms with Crippen molar-refractivity contribution in [3.05, 3.63) is 59.1 Å². The van der Waals surface area contributed by atoms with Gasteiger partial charge in [0.25, 0.3) is 5.91 Å². The average Bonchev–Trinajstić information content (AvgIpc) is 2.60. The normalized spacial score (nSPS) is 11.5. The van der Waals surface area contributed by atoms with E-state index in [4.69, 9.17) is 21.1 Å². The quantitative estimate of drug-likeness (QED) is 0.746. The van der Waals surface area contributed by atoms with Crippen LogP contribution in [0.1, 0.15) is 30.6 Å². The van der Waals surface area contributed by atoms with Gasteiger partial charge in [0, 0.05) is 10.7 Å². The number of anilines is 1. The van der Waals surface area contributed by atoms with Gasteiger partial charge in [-0.25, -0.2) is 4.79 Å². The largest absolute Gasteiger partial charge is 0.481 e. The fourth-order valence-corrected chi connectivity index (χ4v) is 2.37. The number of hydrogen-bond donors (Lipinski definition) is 1. The molecule has 1 N–H and O–H groups in total. The van der Waals surface area contributed by atoms with Gasteiger partial charge < -0.3 is 14.8 Å². The monoisotopic (exact) mass is 361 g/mol. The lowest BCUT2D eigenvalue weighted by Gasteiger charge is -2.17. The van der Waals surface area contributed by atoms with Crippen molar-refractivity contribution < 1.29 is 19.1 Å². The third kappa shape index (κ3) is 5.50. The molecule has 6 heteroatoms. The Morgan fingerprint density at radius 1 is 1.12 bits per heavy atom. The van der Waals surface area contributed by atoms with Gasteiger partial charge in [0.1, 0.15) is 5.75 Å². The summed E-state index contributed by atoms with van der Waals surface area (Å²) in [5, 5.41) is 3.30. The summed E-state index contributed by atoms with van der Waals surface area (Å²) in [7, 11) is 0. The van der Waals surface area contributed by atoms with Crippen LogP contribution in [0.25, 0.3) is 0 Å². The van der Waals surface area contributed by atoms with Gasteiger partial charge in [-0.2, -0.15) is 0 Å². The molecule has 0 saturated carbocycles. The Balaban J connectivity index is 2.06. The van der Waals surface area contributed by atoms with E-state index in [9.17, 15) is 9.59 Å². The Kier molecular flexibility index (Phi) is 6.83. The number of ether oxygens (including phenoxy) is 2. The molecule has 0 fully saturated rings. The fourth-order valence-electron chi connectivity index (χ4n) is 2.19. The van der Waals surface area contributed by atoms with Crippen LogP contribution in [0.4, 0.5) is 5.69 Å². The van der Waals surface area contributed by atoms with Crippen molar-refractivity contribution in [1.29, 1.82) is 0 Å². The van der Waals surface area contributed by atoms with E-state index >= 15 is 0 Å². The van der Waals surface area contributed by atoms with Gasteiger partial charge >= 0.3 is 5.97 Å². The molecule has 0 heterocycles. The highest BCUT2D eigenvalue weighted by molar-refractivity contribution is 6.30. The van der Waals surface area contributed by atoms with Crippen LogP contribution in [0.15, 0.2) is 48.5 Å². The molecule has 132 valence electrons. The summed E-state index contributed by atoms with van der Waals surface area (Å²) in [5.74, 6) is -0.209. The number of carbonyl (C=O) groups excluding carboxylic acids is 2. The molecule has 0 unspecified atom stereocenters. The third-order valence-corrected chi connectivity index (χ3v) is 3.61. The average molecular weight is 362 g/mol. The second-order valence-electron chi connectivity index (χ2n) is 5.26. The first-order valence-corrected chi connectivity index (χ1v) is 8.41. The molecule has 0 aliphatic heterocycles. The number of carbonyl (C=O) groups is 2. The van der Waals surface area contributed by atoms with E-state index in [0.29, 0.717) is 35.1 Å². The minimum atomic E-state index is -0.676. The highest BCUT2D eigenvalue weighted by Gasteiger charge is 2.19. The van der Waals surface area contributed by atoms with Crippen LogP contribution in [0.3, 0.4) is 0 Å². The molecule has 0 saturated heterocycles. The molecule has 2 aromatic carbocycles. The Morgan fingerprint density at radius 3 is 2.56 bits per heavy atom. The first kappa shape index (κ1) is 18.8. The van der Waals surface area contributed by atoms with Gasteiger partial charge in [-0.15, -0.1) is 0 Å². The summed E-state index contributed by atoms with van der Waals surface area (Å²) in [4.78, 5) is 24.2. The molecule has 0 aromatic heterocycles. The van der Waals surface area contributed by atoms with E-state index in [1.54, 1.807) is 55.5 Å². The second-order valence-corrected chi connectivity index (χ2v) is 5.70. The molecule has 5 nitrogen and oxygen atoms in total. The molecule has 2 aromatic rings. The SMILES string of the molecule is CCOC(=O)c1cccc(NC(=O)[C@@H](CC)Oc2cccc(Cl)c2)c1. The molecule has 0 bridgehead atoms. The maximum Gasteiger partial charge on any atom is 0.338 e. The molecule has 0 radical (unpaired) electrons. The first-order valence-electron chi connectivity index (χ1n) is 8.03. The molecule has 25 heavy (non-hydrogen) atoms. The summed E-state index contributed by atoms with van der Waals surface area (Å²) in [6.07, 6.45) is -0.194. The zero-order valence-electron chi connectivity index (χ0n) is 14.1. The van der Waals surface area contributed by atoms with Crippen LogP contribution < -0.4 is 10.1 Å². The zero-order chi connectivity index (χ0) is 18.2. The number of benzene rings is 2. The van der Waals surface area contributed by atoms with Crippen molar-refractivity contribution in [2.75, 3.05) is 11.9 Å². The predicted octanol–water partition coefficient (Wildman–Crippen LogP) is 4.31. The molecule has 0 aliphatic rings. The Bertz CT molecular complexity index is 748. The van der Waals surface area contributed by atoms with Crippen LogP contribution in [-0.2, 0) is 9.53 Å². The van der Waals surface area contributed by atoms with Gasteiger partial charge in [-0.05, 0) is 49.7 Å². The number of rotatable bonds is 7. The lowest BCUT2D eigenvalue weighted by molar-refractivity contribution is -0.122. The summed E-state index contributed by atoms with van der Waals surface area (Å²) >= 11 is 5.93. The Morgan fingerprint density at radius 2 is 1.88 bits per heavy atom. The maximum absolute atomic E-state index is 12.5. The van der Waals surface area contributed by atoms with Gasteiger partial charge in [-0.1, -0.05) is 30.7 Å². The van der Waals surface area contributed by atoms with Crippen LogP contribution in [0.2, 0.25) is 5.02 Å². The number of hydrogen-bond acceptors (Lipinski definition) is 4. The third-order valence-electron chi connectivity index (χ3n) is 3.38. The van der Waals surface area contributed by atoms with E-state index < -0.39 is 12.1 Å². The first-order chi connectivity index (χ1) is 12.0. The number of esters is 1. The van der Waals surface area contributed by atoms with E-state index in [2.05, 4.69) is 5.32 Å². The summed E-state index contributed by atoms with van der Waals surface area (Å²) < 4.78 is 10.7. The molecule has 0 aliphatic carbocycles. The summed E-state index contributed by atoms with van der Waals surface area (Å²) in [6.45, 7) is 3.88. The van der Waals surface area contributed by atoms with Gasteiger partial charge in [0.2, 0.25) is 0 Å². The van der Waals surface area contributed by atoms with Crippen molar-refractivity contribution in [3.63, 3.8) is 0 Å². The van der Waals surface area contributed by atoms with Crippen molar-refractivity contribution in [2.45, 2.75) is 26.4 Å². The van der Waals surface area contributed by atoms with Crippen molar-refractivity contribution in [2.24, 2.45) is 0 Å². The molecule has 0 spiro atoms. The standard InChI is InChI=1S/C19H20ClNO4/c1-3-17(25-16-10-6-8-14(20)12-16)18(22)21-15-9-5-7-13(11-15)19(23)24-4-2/h5-12,17H,3-4H2,1-2H3,(H,21,22)/t17-/m1/s1. The maximum atomic E-state index is 12.5. The number of nitrogens with one attached hydrogen (secondary N) is 1. The topological polar surface area (TPSA) is 64.6 Å². The molecular weight excluding hydrogens is 342 g/mol. The van der Waals surface area contributed by atoms with Crippen LogP contribution in [0, 0.1) is 0 Å². The van der Waals surface area contributed by atoms with Crippen LogP contribution in [0.5, 0.6) is 5.75 Å². The van der Waals surface area contributed by atoms with Crippen molar-refractivity contribution in [3.8, 4) is 5.75 Å². The lowest BCUT2D eigenvalue weighted by Crippen LogP contribution is -2.32. The highest BCUT2D eigenvalue weighted by atomic mass is 35.5. The molecule has 1 atom stereocenters. The lowest BCUT2D eigenvalue weighted by atomic mass is 10.2. The minimum Gasteiger partial charge on any atom is -0.481 e. The number of halogens is 1. The molecule has 1 amide bonds. The smallest absolute Gasteiger partial charge is 0.338 e. The Hall–Kier alpha value is -2.53. The van der Waals surface area contributed by atoms with Crippen LogP contribution in [-0.4, -0.2) is 24.6 Å².